The van der Waals surface area contributed by atoms with Crippen LogP contribution in [0, 0.1) is 0 Å². The standard InChI is InChI=1S/C81H76N2OSi2/c1-79(2,3)56-32-36-58(37-33-56)82(60-40-44-64(45-41-60)85(7,8)9)62-23-19-21-53(49-62)54-31-48-68-73(51-54)81(71-28-16-13-25-66(71)67-26-14-17-29-72(67)81)74-52-70(76-69-27-15-18-30-75(69)84-78(76)77(68)74)55-22-20-24-63(50-55)83(59-38-34-57(35-39-59)80(4,5)6)61-42-46-65(47-43-61)86(10,11)12/h13-52H,1-12H3. The Morgan fingerprint density at radius 3 is 1.28 bits per heavy atom. The fourth-order valence-electron chi connectivity index (χ4n) is 13.9. The van der Waals surface area contributed by atoms with Gasteiger partial charge in [0.1, 0.15) is 11.2 Å². The van der Waals surface area contributed by atoms with Crippen molar-refractivity contribution in [2.75, 3.05) is 9.80 Å². The van der Waals surface area contributed by atoms with Gasteiger partial charge in [-0.25, -0.2) is 0 Å². The number of hydrogen-bond acceptors (Lipinski definition) is 3. The number of benzene rings is 11. The molecule has 2 aliphatic rings. The fourth-order valence-corrected chi connectivity index (χ4v) is 16.2. The van der Waals surface area contributed by atoms with Crippen molar-refractivity contribution in [2.24, 2.45) is 0 Å². The SMILES string of the molecule is CC(C)(C)c1ccc(N(c2ccc([Si](C)(C)C)cc2)c2cccc(-c3ccc4c(c3)C3(c5ccccc5-c5ccccc53)c3cc(-c5cccc(N(c6ccc(C(C)(C)C)cc6)c6ccc([Si](C)(C)C)cc6)c5)c5c(oc6ccccc65)c3-4)c2)cc1. The molecule has 0 atom stereocenters. The molecule has 14 rings (SSSR count). The largest absolute Gasteiger partial charge is 0.455 e. The molecule has 0 unspecified atom stereocenters. The first-order chi connectivity index (χ1) is 41.2. The Kier molecular flexibility index (Phi) is 12.9. The molecule has 12 aromatic rings. The van der Waals surface area contributed by atoms with Gasteiger partial charge in [0.15, 0.2) is 0 Å². The number of nitrogens with zero attached hydrogens (tertiary/aromatic N) is 2. The van der Waals surface area contributed by atoms with E-state index < -0.39 is 21.6 Å². The summed E-state index contributed by atoms with van der Waals surface area (Å²) in [6, 6.07) is 92.3. The van der Waals surface area contributed by atoms with Gasteiger partial charge in [-0.05, 0) is 174 Å². The minimum atomic E-state index is -1.55. The number of furan rings is 1. The first kappa shape index (κ1) is 55.1. The van der Waals surface area contributed by atoms with E-state index in [1.54, 1.807) is 0 Å². The van der Waals surface area contributed by atoms with Gasteiger partial charge in [-0.3, -0.25) is 0 Å². The predicted molar refractivity (Wildman–Crippen MR) is 374 cm³/mol. The lowest BCUT2D eigenvalue weighted by Crippen LogP contribution is -2.37. The highest BCUT2D eigenvalue weighted by molar-refractivity contribution is 6.89. The lowest BCUT2D eigenvalue weighted by molar-refractivity contribution is 0.590. The zero-order chi connectivity index (χ0) is 59.7. The van der Waals surface area contributed by atoms with E-state index in [-0.39, 0.29) is 10.8 Å². The summed E-state index contributed by atoms with van der Waals surface area (Å²) in [6.45, 7) is 28.2. The molecule has 0 saturated heterocycles. The highest BCUT2D eigenvalue weighted by Crippen LogP contribution is 2.65. The number of rotatable bonds is 10. The summed E-state index contributed by atoms with van der Waals surface area (Å²) >= 11 is 0. The second-order valence-electron chi connectivity index (χ2n) is 28.2. The van der Waals surface area contributed by atoms with Crippen LogP contribution in [0.3, 0.4) is 0 Å². The average molecular weight is 1150 g/mol. The van der Waals surface area contributed by atoms with Crippen molar-refractivity contribution in [3.8, 4) is 44.5 Å². The minimum absolute atomic E-state index is 0.0287. The van der Waals surface area contributed by atoms with Crippen LogP contribution < -0.4 is 20.2 Å². The molecule has 2 aliphatic carbocycles. The Balaban J connectivity index is 0.979. The first-order valence-corrected chi connectivity index (χ1v) is 37.7. The summed E-state index contributed by atoms with van der Waals surface area (Å²) in [5.74, 6) is 0. The van der Waals surface area contributed by atoms with Crippen molar-refractivity contribution in [3.63, 3.8) is 0 Å². The highest BCUT2D eigenvalue weighted by atomic mass is 28.3. The smallest absolute Gasteiger partial charge is 0.144 e. The van der Waals surface area contributed by atoms with Crippen molar-refractivity contribution in [2.45, 2.75) is 97.1 Å². The molecular formula is C81H76N2OSi2. The quantitative estimate of drug-likeness (QED) is 0.127. The minimum Gasteiger partial charge on any atom is -0.455 e. The summed E-state index contributed by atoms with van der Waals surface area (Å²) < 4.78 is 7.37. The van der Waals surface area contributed by atoms with Gasteiger partial charge >= 0.3 is 0 Å². The molecule has 0 bridgehead atoms. The predicted octanol–water partition coefficient (Wildman–Crippen LogP) is 21.9. The molecule has 86 heavy (non-hydrogen) atoms. The summed E-state index contributed by atoms with van der Waals surface area (Å²) in [5.41, 5.74) is 25.2. The van der Waals surface area contributed by atoms with E-state index in [2.05, 4.69) is 333 Å². The molecule has 11 aromatic carbocycles. The number of fused-ring (bicyclic) bond motifs is 14. The van der Waals surface area contributed by atoms with Crippen molar-refractivity contribution in [3.05, 3.63) is 276 Å². The van der Waals surface area contributed by atoms with E-state index in [0.29, 0.717) is 0 Å². The third-order valence-corrected chi connectivity index (χ3v) is 22.6. The maximum absolute atomic E-state index is 7.37. The normalized spacial score (nSPS) is 13.4. The molecule has 5 heteroatoms. The van der Waals surface area contributed by atoms with Crippen molar-refractivity contribution in [1.29, 1.82) is 0 Å². The van der Waals surface area contributed by atoms with E-state index in [4.69, 9.17) is 4.42 Å². The molecule has 1 aromatic heterocycles. The van der Waals surface area contributed by atoms with Gasteiger partial charge in [-0.15, -0.1) is 0 Å². The number of para-hydroxylation sites is 1. The third kappa shape index (κ3) is 9.12. The van der Waals surface area contributed by atoms with Gasteiger partial charge in [0, 0.05) is 50.5 Å². The van der Waals surface area contributed by atoms with Gasteiger partial charge in [0.2, 0.25) is 0 Å². The van der Waals surface area contributed by atoms with Crippen LogP contribution in [-0.4, -0.2) is 16.1 Å². The van der Waals surface area contributed by atoms with Crippen LogP contribution in [0.25, 0.3) is 66.4 Å². The van der Waals surface area contributed by atoms with E-state index >= 15 is 0 Å². The van der Waals surface area contributed by atoms with Crippen LogP contribution in [0.4, 0.5) is 34.1 Å². The first-order valence-electron chi connectivity index (χ1n) is 30.7. The van der Waals surface area contributed by atoms with Crippen molar-refractivity contribution in [1.82, 2.24) is 0 Å². The van der Waals surface area contributed by atoms with E-state index in [1.165, 1.54) is 66.0 Å². The second kappa shape index (κ2) is 20.2. The zero-order valence-corrected chi connectivity index (χ0v) is 53.9. The molecule has 1 spiro atoms. The lowest BCUT2D eigenvalue weighted by Gasteiger charge is -2.31. The molecule has 0 aliphatic heterocycles. The molecule has 424 valence electrons. The molecule has 3 nitrogen and oxygen atoms in total. The Labute approximate surface area is 511 Å². The summed E-state index contributed by atoms with van der Waals surface area (Å²) in [4.78, 5) is 4.87. The molecular weight excluding hydrogens is 1070 g/mol. The number of anilines is 6. The van der Waals surface area contributed by atoms with Gasteiger partial charge in [-0.2, -0.15) is 0 Å². The van der Waals surface area contributed by atoms with Gasteiger partial charge in [0.25, 0.3) is 0 Å². The van der Waals surface area contributed by atoms with Crippen LogP contribution in [0.1, 0.15) is 74.9 Å². The van der Waals surface area contributed by atoms with Gasteiger partial charge in [0.05, 0.1) is 21.6 Å². The molecule has 0 amide bonds. The third-order valence-electron chi connectivity index (χ3n) is 18.5. The molecule has 1 heterocycles. The maximum Gasteiger partial charge on any atom is 0.144 e. The molecule has 0 N–H and O–H groups in total. The summed E-state index contributed by atoms with van der Waals surface area (Å²) in [7, 11) is -3.09. The lowest BCUT2D eigenvalue weighted by atomic mass is 9.69. The molecule has 0 saturated carbocycles. The molecule has 0 fully saturated rings. The van der Waals surface area contributed by atoms with Crippen LogP contribution in [0.15, 0.2) is 247 Å². The van der Waals surface area contributed by atoms with Crippen molar-refractivity contribution < 1.29 is 4.42 Å². The van der Waals surface area contributed by atoms with Crippen LogP contribution in [0.2, 0.25) is 39.3 Å². The monoisotopic (exact) mass is 1150 g/mol. The maximum atomic E-state index is 7.37. The van der Waals surface area contributed by atoms with Crippen LogP contribution in [0.5, 0.6) is 0 Å². The second-order valence-corrected chi connectivity index (χ2v) is 38.4. The summed E-state index contributed by atoms with van der Waals surface area (Å²) in [5, 5.41) is 5.13. The van der Waals surface area contributed by atoms with Gasteiger partial charge in [-0.1, -0.05) is 243 Å². The van der Waals surface area contributed by atoms with E-state index in [9.17, 15) is 0 Å². The summed E-state index contributed by atoms with van der Waals surface area (Å²) in [6.07, 6.45) is 0. The van der Waals surface area contributed by atoms with E-state index in [1.807, 2.05) is 0 Å². The Bertz CT molecular complexity index is 4440. The Morgan fingerprint density at radius 1 is 0.337 bits per heavy atom. The van der Waals surface area contributed by atoms with Gasteiger partial charge < -0.3 is 14.2 Å². The topological polar surface area (TPSA) is 19.6 Å². The Hall–Kier alpha value is -8.75. The van der Waals surface area contributed by atoms with Crippen LogP contribution >= 0.6 is 0 Å². The highest BCUT2D eigenvalue weighted by Gasteiger charge is 2.53. The van der Waals surface area contributed by atoms with Crippen molar-refractivity contribution >= 4 is 82.6 Å². The van der Waals surface area contributed by atoms with E-state index in [0.717, 1.165) is 78.3 Å². The Morgan fingerprint density at radius 2 is 0.779 bits per heavy atom. The fraction of sp³-hybridized carbons (Fsp3) is 0.185. The zero-order valence-electron chi connectivity index (χ0n) is 51.9. The number of hydrogen-bond donors (Lipinski definition) is 0. The average Bonchev–Trinajstić information content (AvgIpc) is 1.50. The molecule has 0 radical (unpaired) electrons. The van der Waals surface area contributed by atoms with Crippen LogP contribution in [-0.2, 0) is 16.2 Å².